The van der Waals surface area contributed by atoms with Gasteiger partial charge < -0.3 is 10.1 Å². The van der Waals surface area contributed by atoms with E-state index in [2.05, 4.69) is 15.3 Å². The highest BCUT2D eigenvalue weighted by Gasteiger charge is 2.09. The van der Waals surface area contributed by atoms with Gasteiger partial charge in [-0.15, -0.1) is 11.3 Å². The first-order valence-corrected chi connectivity index (χ1v) is 10.6. The lowest BCUT2D eigenvalue weighted by molar-refractivity contribution is -0.118. The Morgan fingerprint density at radius 3 is 2.86 bits per heavy atom. The van der Waals surface area contributed by atoms with Crippen LogP contribution in [0.4, 0.5) is 4.39 Å². The minimum atomic E-state index is -0.496. The first kappa shape index (κ1) is 19.4. The highest BCUT2D eigenvalue weighted by atomic mass is 32.2. The van der Waals surface area contributed by atoms with E-state index in [0.29, 0.717) is 11.3 Å². The maximum Gasteiger partial charge on any atom is 0.230 e. The number of halogens is 1. The number of ether oxygens (including phenoxy) is 1. The topological polar surface area (TPSA) is 64.1 Å². The molecule has 0 bridgehead atoms. The van der Waals surface area contributed by atoms with Gasteiger partial charge >= 0.3 is 0 Å². The number of thiazole rings is 1. The molecule has 146 valence electrons. The third kappa shape index (κ3) is 5.10. The van der Waals surface area contributed by atoms with Crippen molar-refractivity contribution in [2.24, 2.45) is 0 Å². The molecule has 2 aromatic carbocycles. The van der Waals surface area contributed by atoms with E-state index in [1.54, 1.807) is 41.8 Å². The number of rotatable bonds is 7. The Bertz CT molecular complexity index is 1100. The fraction of sp³-hybridized carbons (Fsp3) is 0.0952. The van der Waals surface area contributed by atoms with E-state index in [9.17, 15) is 9.18 Å². The number of carbonyl (C=O) groups excluding carboxylic acids is 1. The summed E-state index contributed by atoms with van der Waals surface area (Å²) in [7, 11) is 0. The van der Waals surface area contributed by atoms with E-state index >= 15 is 0 Å². The van der Waals surface area contributed by atoms with Crippen LogP contribution in [0.25, 0.3) is 10.2 Å². The molecule has 0 saturated heterocycles. The lowest BCUT2D eigenvalue weighted by Gasteiger charge is -2.09. The van der Waals surface area contributed by atoms with E-state index in [1.807, 2.05) is 24.3 Å². The van der Waals surface area contributed by atoms with Crippen molar-refractivity contribution in [1.29, 1.82) is 0 Å². The zero-order valence-corrected chi connectivity index (χ0v) is 16.8. The third-order valence-electron chi connectivity index (χ3n) is 3.95. The maximum absolute atomic E-state index is 14.3. The summed E-state index contributed by atoms with van der Waals surface area (Å²) in [5.41, 5.74) is 1.59. The Kier molecular flexibility index (Phi) is 6.02. The van der Waals surface area contributed by atoms with Crippen molar-refractivity contribution in [3.05, 3.63) is 78.4 Å². The van der Waals surface area contributed by atoms with Gasteiger partial charge in [0.1, 0.15) is 5.75 Å². The molecule has 2 heterocycles. The summed E-state index contributed by atoms with van der Waals surface area (Å²) >= 11 is 2.95. The molecule has 0 unspecified atom stereocenters. The van der Waals surface area contributed by atoms with Crippen LogP contribution in [0.1, 0.15) is 5.56 Å². The van der Waals surface area contributed by atoms with Crippen molar-refractivity contribution >= 4 is 39.2 Å². The number of hydrogen-bond acceptors (Lipinski definition) is 6. The monoisotopic (exact) mass is 425 g/mol. The quantitative estimate of drug-likeness (QED) is 0.421. The second-order valence-corrected chi connectivity index (χ2v) is 8.32. The molecule has 0 aliphatic heterocycles. The average molecular weight is 426 g/mol. The van der Waals surface area contributed by atoms with Crippen LogP contribution in [-0.4, -0.2) is 21.6 Å². The normalized spacial score (nSPS) is 10.8. The largest absolute Gasteiger partial charge is 0.453 e. The number of pyridine rings is 1. The second kappa shape index (κ2) is 9.02. The molecule has 29 heavy (non-hydrogen) atoms. The lowest BCUT2D eigenvalue weighted by Crippen LogP contribution is -2.24. The molecule has 0 aliphatic rings. The van der Waals surface area contributed by atoms with Crippen LogP contribution in [0.2, 0.25) is 0 Å². The highest BCUT2D eigenvalue weighted by molar-refractivity contribution is 8.01. The summed E-state index contributed by atoms with van der Waals surface area (Å²) in [4.78, 5) is 20.5. The van der Waals surface area contributed by atoms with Gasteiger partial charge in [-0.25, -0.2) is 9.37 Å². The molecule has 0 saturated carbocycles. The molecule has 0 aliphatic carbocycles. The van der Waals surface area contributed by atoms with Crippen LogP contribution in [0.15, 0.2) is 71.3 Å². The van der Waals surface area contributed by atoms with Crippen LogP contribution in [0, 0.1) is 5.82 Å². The summed E-state index contributed by atoms with van der Waals surface area (Å²) in [5.74, 6) is 0.193. The summed E-state index contributed by atoms with van der Waals surface area (Å²) in [6.07, 6.45) is 3.13. The van der Waals surface area contributed by atoms with Crippen molar-refractivity contribution < 1.29 is 13.9 Å². The van der Waals surface area contributed by atoms with Crippen molar-refractivity contribution in [2.75, 3.05) is 5.75 Å². The zero-order chi connectivity index (χ0) is 20.1. The summed E-state index contributed by atoms with van der Waals surface area (Å²) in [5, 5.41) is 2.80. The van der Waals surface area contributed by atoms with Gasteiger partial charge in [0.25, 0.3) is 0 Å². The number of fused-ring (bicyclic) bond motifs is 1. The van der Waals surface area contributed by atoms with Gasteiger partial charge in [0.05, 0.1) is 22.2 Å². The number of nitrogens with one attached hydrogen (secondary N) is 1. The fourth-order valence-electron chi connectivity index (χ4n) is 2.56. The van der Waals surface area contributed by atoms with E-state index in [-0.39, 0.29) is 24.0 Å². The first-order valence-electron chi connectivity index (χ1n) is 8.79. The third-order valence-corrected chi connectivity index (χ3v) is 6.13. The van der Waals surface area contributed by atoms with E-state index < -0.39 is 5.82 Å². The average Bonchev–Trinajstić information content (AvgIpc) is 3.16. The number of hydrogen-bond donors (Lipinski definition) is 1. The molecular weight excluding hydrogens is 409 g/mol. The minimum absolute atomic E-state index is 0.111. The molecule has 1 N–H and O–H groups in total. The second-order valence-electron chi connectivity index (χ2n) is 6.07. The molecule has 0 radical (unpaired) electrons. The zero-order valence-electron chi connectivity index (χ0n) is 15.2. The van der Waals surface area contributed by atoms with Crippen molar-refractivity contribution in [2.45, 2.75) is 10.9 Å². The number of nitrogens with zero attached hydrogens (tertiary/aromatic N) is 2. The van der Waals surface area contributed by atoms with Gasteiger partial charge in [-0.05, 0) is 42.0 Å². The Hall–Kier alpha value is -2.97. The van der Waals surface area contributed by atoms with Gasteiger partial charge in [-0.1, -0.05) is 30.0 Å². The molecular formula is C21H16FN3O2S2. The molecule has 2 aromatic heterocycles. The van der Waals surface area contributed by atoms with Crippen LogP contribution < -0.4 is 10.1 Å². The van der Waals surface area contributed by atoms with Crippen LogP contribution in [0.5, 0.6) is 11.5 Å². The fourth-order valence-corrected chi connectivity index (χ4v) is 4.46. The van der Waals surface area contributed by atoms with Crippen molar-refractivity contribution in [3.8, 4) is 11.5 Å². The Labute approximate surface area is 175 Å². The van der Waals surface area contributed by atoms with Gasteiger partial charge in [-0.2, -0.15) is 0 Å². The number of benzene rings is 2. The molecule has 5 nitrogen and oxygen atoms in total. The SMILES string of the molecule is O=C(CSc1nc2ccccc2s1)NCc1ccc(Oc2cccnc2)c(F)c1. The Morgan fingerprint density at radius 2 is 2.07 bits per heavy atom. The molecule has 0 spiro atoms. The molecule has 1 amide bonds. The highest BCUT2D eigenvalue weighted by Crippen LogP contribution is 2.29. The van der Waals surface area contributed by atoms with E-state index in [0.717, 1.165) is 14.6 Å². The smallest absolute Gasteiger partial charge is 0.230 e. The van der Waals surface area contributed by atoms with Gasteiger partial charge in [0, 0.05) is 12.7 Å². The van der Waals surface area contributed by atoms with Gasteiger partial charge in [-0.3, -0.25) is 9.78 Å². The molecule has 0 fully saturated rings. The van der Waals surface area contributed by atoms with Gasteiger partial charge in [0.15, 0.2) is 15.9 Å². The number of carbonyl (C=O) groups is 1. The van der Waals surface area contributed by atoms with Crippen molar-refractivity contribution in [3.63, 3.8) is 0 Å². The van der Waals surface area contributed by atoms with E-state index in [1.165, 1.54) is 24.0 Å². The van der Waals surface area contributed by atoms with E-state index in [4.69, 9.17) is 4.74 Å². The van der Waals surface area contributed by atoms with Crippen LogP contribution >= 0.6 is 23.1 Å². The number of para-hydroxylation sites is 1. The Morgan fingerprint density at radius 1 is 1.17 bits per heavy atom. The summed E-state index contributed by atoms with van der Waals surface area (Å²) < 4.78 is 21.7. The molecule has 8 heteroatoms. The summed E-state index contributed by atoms with van der Waals surface area (Å²) in [6, 6.07) is 15.9. The predicted molar refractivity (Wildman–Crippen MR) is 113 cm³/mol. The number of aromatic nitrogens is 2. The first-order chi connectivity index (χ1) is 14.2. The molecule has 4 rings (SSSR count). The Balaban J connectivity index is 1.29. The molecule has 0 atom stereocenters. The summed E-state index contributed by atoms with van der Waals surface area (Å²) in [6.45, 7) is 0.239. The van der Waals surface area contributed by atoms with Crippen molar-refractivity contribution in [1.82, 2.24) is 15.3 Å². The van der Waals surface area contributed by atoms with Crippen LogP contribution in [0.3, 0.4) is 0 Å². The number of thioether (sulfide) groups is 1. The van der Waals surface area contributed by atoms with Crippen LogP contribution in [-0.2, 0) is 11.3 Å². The standard InChI is InChI=1S/C21H16FN3O2S2/c22-16-10-14(7-8-18(16)27-15-4-3-9-23-12-15)11-24-20(26)13-28-21-25-17-5-1-2-6-19(17)29-21/h1-10,12H,11,13H2,(H,24,26). The number of amides is 1. The molecule has 4 aromatic rings. The predicted octanol–water partition coefficient (Wildman–Crippen LogP) is 5.03. The minimum Gasteiger partial charge on any atom is -0.453 e. The van der Waals surface area contributed by atoms with Gasteiger partial charge in [0.2, 0.25) is 5.91 Å². The lowest BCUT2D eigenvalue weighted by atomic mass is 10.2. The maximum atomic E-state index is 14.3.